The number of piperidine rings is 1. The molecule has 0 bridgehead atoms. The Bertz CT molecular complexity index is 336. The molecule has 0 aliphatic carbocycles. The minimum absolute atomic E-state index is 0. The topological polar surface area (TPSA) is 70.7 Å². The van der Waals surface area contributed by atoms with Crippen LogP contribution in [0.2, 0.25) is 0 Å². The first kappa shape index (κ1) is 19.5. The van der Waals surface area contributed by atoms with Crippen LogP contribution in [0.5, 0.6) is 0 Å². The van der Waals surface area contributed by atoms with Gasteiger partial charge in [-0.05, 0) is 39.5 Å². The molecule has 3 N–H and O–H groups in total. The van der Waals surface area contributed by atoms with Crippen molar-refractivity contribution >= 4 is 35.8 Å². The third kappa shape index (κ3) is 5.85. The zero-order valence-corrected chi connectivity index (χ0v) is 15.4. The Hall–Kier alpha value is -0.530. The van der Waals surface area contributed by atoms with Gasteiger partial charge in [0.15, 0.2) is 5.96 Å². The zero-order chi connectivity index (χ0) is 14.5. The van der Waals surface area contributed by atoms with Gasteiger partial charge in [-0.15, -0.1) is 24.0 Å². The fourth-order valence-corrected chi connectivity index (χ4v) is 2.00. The number of likely N-dealkylation sites (tertiary alicyclic amines) is 1. The summed E-state index contributed by atoms with van der Waals surface area (Å²) in [7, 11) is 0. The Kier molecular flexibility index (Phi) is 8.46. The number of hydrogen-bond donors (Lipinski definition) is 2. The van der Waals surface area contributed by atoms with Crippen molar-refractivity contribution in [3.05, 3.63) is 0 Å². The van der Waals surface area contributed by atoms with E-state index in [1.165, 1.54) is 12.8 Å². The Morgan fingerprint density at radius 1 is 1.40 bits per heavy atom. The van der Waals surface area contributed by atoms with Crippen molar-refractivity contribution in [2.45, 2.75) is 40.5 Å². The molecule has 0 unspecified atom stereocenters. The van der Waals surface area contributed by atoms with Gasteiger partial charge in [-0.1, -0.05) is 6.92 Å². The van der Waals surface area contributed by atoms with Crippen LogP contribution in [0.4, 0.5) is 0 Å². The van der Waals surface area contributed by atoms with Gasteiger partial charge in [0.1, 0.15) is 0 Å². The number of carbonyl (C=O) groups excluding carboxylic acids is 1. The summed E-state index contributed by atoms with van der Waals surface area (Å²) in [6, 6.07) is 0. The van der Waals surface area contributed by atoms with Crippen molar-refractivity contribution in [3.8, 4) is 0 Å². The molecule has 1 fully saturated rings. The Balaban J connectivity index is 0.00000361. The molecule has 1 heterocycles. The predicted octanol–water partition coefficient (Wildman–Crippen LogP) is 1.81. The molecule has 6 heteroatoms. The molecule has 118 valence electrons. The molecule has 1 aliphatic rings. The van der Waals surface area contributed by atoms with Crippen molar-refractivity contribution in [1.82, 2.24) is 10.2 Å². The van der Waals surface area contributed by atoms with Gasteiger partial charge in [-0.3, -0.25) is 9.79 Å². The normalized spacial score (nSPS) is 17.6. The molecule has 1 amide bonds. The first-order valence-corrected chi connectivity index (χ1v) is 7.20. The van der Waals surface area contributed by atoms with E-state index in [2.05, 4.69) is 29.1 Å². The van der Waals surface area contributed by atoms with Crippen LogP contribution in [0.1, 0.15) is 40.5 Å². The molecule has 0 radical (unpaired) electrons. The van der Waals surface area contributed by atoms with Crippen LogP contribution < -0.4 is 11.1 Å². The zero-order valence-electron chi connectivity index (χ0n) is 13.1. The molecule has 0 aromatic rings. The molecule has 5 nitrogen and oxygen atoms in total. The highest BCUT2D eigenvalue weighted by molar-refractivity contribution is 14.0. The molecule has 0 aromatic heterocycles. The van der Waals surface area contributed by atoms with E-state index in [0.29, 0.717) is 6.54 Å². The number of hydrogen-bond acceptors (Lipinski definition) is 2. The summed E-state index contributed by atoms with van der Waals surface area (Å²) in [5.41, 5.74) is 4.79. The largest absolute Gasteiger partial charge is 0.369 e. The molecule has 20 heavy (non-hydrogen) atoms. The number of nitrogens with two attached hydrogens (primary N) is 1. The third-order valence-corrected chi connectivity index (χ3v) is 3.71. The van der Waals surface area contributed by atoms with Crippen LogP contribution in [0.25, 0.3) is 0 Å². The van der Waals surface area contributed by atoms with E-state index in [0.717, 1.165) is 31.5 Å². The average molecular weight is 396 g/mol. The lowest BCUT2D eigenvalue weighted by Crippen LogP contribution is -2.46. The second-order valence-electron chi connectivity index (χ2n) is 6.09. The highest BCUT2D eigenvalue weighted by atomic mass is 127. The SMILES string of the molecule is CCNC(=NCC(C)(C)C(N)=O)N1CCC(C)CC1.I. The molecule has 0 aromatic carbocycles. The van der Waals surface area contributed by atoms with Crippen LogP contribution >= 0.6 is 24.0 Å². The monoisotopic (exact) mass is 396 g/mol. The number of nitrogens with one attached hydrogen (secondary N) is 1. The second kappa shape index (κ2) is 8.69. The van der Waals surface area contributed by atoms with Gasteiger partial charge in [0.25, 0.3) is 0 Å². The molecular formula is C14H29IN4O. The van der Waals surface area contributed by atoms with Crippen LogP contribution in [0.15, 0.2) is 4.99 Å². The molecule has 1 saturated heterocycles. The number of guanidine groups is 1. The first-order valence-electron chi connectivity index (χ1n) is 7.20. The van der Waals surface area contributed by atoms with Gasteiger partial charge in [0.2, 0.25) is 5.91 Å². The van der Waals surface area contributed by atoms with Gasteiger partial charge in [-0.2, -0.15) is 0 Å². The fraction of sp³-hybridized carbons (Fsp3) is 0.857. The van der Waals surface area contributed by atoms with Crippen molar-refractivity contribution in [2.24, 2.45) is 22.1 Å². The summed E-state index contributed by atoms with van der Waals surface area (Å²) < 4.78 is 0. The molecule has 1 aliphatic heterocycles. The van der Waals surface area contributed by atoms with Crippen LogP contribution in [-0.4, -0.2) is 42.9 Å². The summed E-state index contributed by atoms with van der Waals surface area (Å²) in [6.07, 6.45) is 2.40. The number of rotatable bonds is 4. The minimum Gasteiger partial charge on any atom is -0.369 e. The summed E-state index contributed by atoms with van der Waals surface area (Å²) in [5, 5.41) is 3.30. The maximum atomic E-state index is 11.3. The molecule has 0 saturated carbocycles. The van der Waals surface area contributed by atoms with Gasteiger partial charge >= 0.3 is 0 Å². The van der Waals surface area contributed by atoms with Crippen molar-refractivity contribution in [3.63, 3.8) is 0 Å². The average Bonchev–Trinajstić information content (AvgIpc) is 2.35. The molecule has 1 rings (SSSR count). The van der Waals surface area contributed by atoms with Crippen LogP contribution in [0, 0.1) is 11.3 Å². The standard InChI is InChI=1S/C14H28N4O.HI/c1-5-16-13(17-10-14(3,4)12(15)19)18-8-6-11(2)7-9-18;/h11H,5-10H2,1-4H3,(H2,15,19)(H,16,17);1H. The van der Waals surface area contributed by atoms with Crippen molar-refractivity contribution in [1.29, 1.82) is 0 Å². The summed E-state index contributed by atoms with van der Waals surface area (Å²) in [5.74, 6) is 1.39. The van der Waals surface area contributed by atoms with Crippen LogP contribution in [0.3, 0.4) is 0 Å². The van der Waals surface area contributed by atoms with Crippen molar-refractivity contribution in [2.75, 3.05) is 26.2 Å². The lowest BCUT2D eigenvalue weighted by Gasteiger charge is -2.33. The molecule has 0 atom stereocenters. The highest BCUT2D eigenvalue weighted by Crippen LogP contribution is 2.17. The smallest absolute Gasteiger partial charge is 0.224 e. The van der Waals surface area contributed by atoms with E-state index in [4.69, 9.17) is 5.73 Å². The van der Waals surface area contributed by atoms with Gasteiger partial charge in [-0.25, -0.2) is 0 Å². The van der Waals surface area contributed by atoms with Gasteiger partial charge < -0.3 is 16.0 Å². The molecule has 0 spiro atoms. The highest BCUT2D eigenvalue weighted by Gasteiger charge is 2.25. The van der Waals surface area contributed by atoms with E-state index < -0.39 is 5.41 Å². The number of primary amides is 1. The van der Waals surface area contributed by atoms with Gasteiger partial charge in [0.05, 0.1) is 12.0 Å². The second-order valence-corrected chi connectivity index (χ2v) is 6.09. The third-order valence-electron chi connectivity index (χ3n) is 3.71. The quantitative estimate of drug-likeness (QED) is 0.433. The van der Waals surface area contributed by atoms with Crippen LogP contribution in [-0.2, 0) is 4.79 Å². The fourth-order valence-electron chi connectivity index (χ4n) is 2.00. The van der Waals surface area contributed by atoms with E-state index >= 15 is 0 Å². The number of amides is 1. The minimum atomic E-state index is -0.594. The Labute approximate surface area is 139 Å². The summed E-state index contributed by atoms with van der Waals surface area (Å²) in [4.78, 5) is 18.2. The Morgan fingerprint density at radius 2 is 1.95 bits per heavy atom. The maximum absolute atomic E-state index is 11.3. The van der Waals surface area contributed by atoms with E-state index in [1.807, 2.05) is 13.8 Å². The molecular weight excluding hydrogens is 367 g/mol. The van der Waals surface area contributed by atoms with Gasteiger partial charge in [0, 0.05) is 19.6 Å². The number of halogens is 1. The summed E-state index contributed by atoms with van der Waals surface area (Å²) >= 11 is 0. The number of aliphatic imine (C=N–C) groups is 1. The number of carbonyl (C=O) groups is 1. The lowest BCUT2D eigenvalue weighted by atomic mass is 9.93. The van der Waals surface area contributed by atoms with E-state index in [9.17, 15) is 4.79 Å². The van der Waals surface area contributed by atoms with E-state index in [-0.39, 0.29) is 29.9 Å². The van der Waals surface area contributed by atoms with Crippen molar-refractivity contribution < 1.29 is 4.79 Å². The van der Waals surface area contributed by atoms with E-state index in [1.54, 1.807) is 0 Å². The first-order chi connectivity index (χ1) is 8.86. The summed E-state index contributed by atoms with van der Waals surface area (Å²) in [6.45, 7) is 11.3. The number of nitrogens with zero attached hydrogens (tertiary/aromatic N) is 2. The lowest BCUT2D eigenvalue weighted by molar-refractivity contribution is -0.125. The predicted molar refractivity (Wildman–Crippen MR) is 94.3 cm³/mol. The Morgan fingerprint density at radius 3 is 2.40 bits per heavy atom. The maximum Gasteiger partial charge on any atom is 0.224 e.